The van der Waals surface area contributed by atoms with E-state index in [0.29, 0.717) is 28.5 Å². The molecule has 2 aromatic carbocycles. The van der Waals surface area contributed by atoms with E-state index in [-0.39, 0.29) is 13.2 Å². The molecule has 2 rings (SSSR count). The summed E-state index contributed by atoms with van der Waals surface area (Å²) in [4.78, 5) is 12.1. The van der Waals surface area contributed by atoms with E-state index < -0.39 is 5.97 Å². The number of aliphatic hydroxyl groups is 1. The Bertz CT molecular complexity index is 655. The van der Waals surface area contributed by atoms with Gasteiger partial charge in [0.25, 0.3) is 0 Å². The van der Waals surface area contributed by atoms with Crippen LogP contribution in [0.4, 0.5) is 0 Å². The first-order valence-corrected chi connectivity index (χ1v) is 7.34. The molecule has 5 heteroatoms. The summed E-state index contributed by atoms with van der Waals surface area (Å²) in [6, 6.07) is 12.3. The van der Waals surface area contributed by atoms with E-state index in [1.54, 1.807) is 37.3 Å². The highest BCUT2D eigenvalue weighted by molar-refractivity contribution is 6.30. The third-order valence-electron chi connectivity index (χ3n) is 2.98. The summed E-state index contributed by atoms with van der Waals surface area (Å²) < 4.78 is 10.5. The number of rotatable bonds is 6. The van der Waals surface area contributed by atoms with Crippen molar-refractivity contribution in [1.82, 2.24) is 0 Å². The van der Waals surface area contributed by atoms with Crippen molar-refractivity contribution in [3.8, 4) is 16.9 Å². The van der Waals surface area contributed by atoms with Crippen molar-refractivity contribution in [2.75, 3.05) is 19.8 Å². The molecule has 1 N–H and O–H groups in total. The largest absolute Gasteiger partial charge is 0.491 e. The first-order chi connectivity index (χ1) is 10.7. The van der Waals surface area contributed by atoms with E-state index in [4.69, 9.17) is 26.2 Å². The molecule has 2 aromatic rings. The first kappa shape index (κ1) is 16.3. The lowest BCUT2D eigenvalue weighted by Gasteiger charge is -2.12. The molecule has 0 saturated carbocycles. The molecule has 0 unspecified atom stereocenters. The van der Waals surface area contributed by atoms with Crippen LogP contribution in [-0.4, -0.2) is 30.9 Å². The fourth-order valence-electron chi connectivity index (χ4n) is 2.06. The Kier molecular flexibility index (Phi) is 5.81. The van der Waals surface area contributed by atoms with Crippen LogP contribution in [0.25, 0.3) is 11.1 Å². The maximum Gasteiger partial charge on any atom is 0.338 e. The van der Waals surface area contributed by atoms with Crippen LogP contribution in [-0.2, 0) is 4.74 Å². The zero-order valence-corrected chi connectivity index (χ0v) is 13.0. The van der Waals surface area contributed by atoms with E-state index >= 15 is 0 Å². The van der Waals surface area contributed by atoms with Crippen LogP contribution in [0.5, 0.6) is 5.75 Å². The van der Waals surface area contributed by atoms with Gasteiger partial charge >= 0.3 is 5.97 Å². The molecular weight excluding hydrogens is 304 g/mol. The second kappa shape index (κ2) is 7.82. The number of esters is 1. The van der Waals surface area contributed by atoms with Gasteiger partial charge in [-0.1, -0.05) is 23.7 Å². The Labute approximate surface area is 134 Å². The van der Waals surface area contributed by atoms with Gasteiger partial charge in [0.1, 0.15) is 12.4 Å². The average molecular weight is 321 g/mol. The molecule has 0 bridgehead atoms. The average Bonchev–Trinajstić information content (AvgIpc) is 2.53. The number of hydrogen-bond acceptors (Lipinski definition) is 4. The van der Waals surface area contributed by atoms with E-state index in [1.165, 1.54) is 0 Å². The third-order valence-corrected chi connectivity index (χ3v) is 3.22. The normalized spacial score (nSPS) is 10.3. The van der Waals surface area contributed by atoms with Crippen molar-refractivity contribution in [2.45, 2.75) is 6.92 Å². The van der Waals surface area contributed by atoms with Gasteiger partial charge in [0.2, 0.25) is 0 Å². The van der Waals surface area contributed by atoms with Gasteiger partial charge in [0, 0.05) is 5.02 Å². The zero-order chi connectivity index (χ0) is 15.9. The molecule has 0 fully saturated rings. The SMILES string of the molecule is CCOC(=O)c1ccc(OCCO)cc1-c1cccc(Cl)c1. The maximum absolute atomic E-state index is 12.1. The highest BCUT2D eigenvalue weighted by Gasteiger charge is 2.15. The second-order valence-corrected chi connectivity index (χ2v) is 4.95. The Morgan fingerprint density at radius 1 is 1.23 bits per heavy atom. The highest BCUT2D eigenvalue weighted by Crippen LogP contribution is 2.30. The van der Waals surface area contributed by atoms with E-state index in [2.05, 4.69) is 0 Å². The topological polar surface area (TPSA) is 55.8 Å². The minimum atomic E-state index is -0.397. The molecule has 0 aliphatic carbocycles. The van der Waals surface area contributed by atoms with E-state index in [1.807, 2.05) is 12.1 Å². The van der Waals surface area contributed by atoms with Gasteiger partial charge in [0.05, 0.1) is 18.8 Å². The lowest BCUT2D eigenvalue weighted by molar-refractivity contribution is 0.0527. The molecular formula is C17H17ClO4. The van der Waals surface area contributed by atoms with Crippen molar-refractivity contribution in [3.05, 3.63) is 53.1 Å². The Balaban J connectivity index is 2.47. The fraction of sp³-hybridized carbons (Fsp3) is 0.235. The van der Waals surface area contributed by atoms with Crippen molar-refractivity contribution in [1.29, 1.82) is 0 Å². The van der Waals surface area contributed by atoms with Crippen LogP contribution in [0.3, 0.4) is 0 Å². The highest BCUT2D eigenvalue weighted by atomic mass is 35.5. The zero-order valence-electron chi connectivity index (χ0n) is 12.2. The van der Waals surface area contributed by atoms with Crippen molar-refractivity contribution < 1.29 is 19.4 Å². The van der Waals surface area contributed by atoms with Crippen LogP contribution in [0, 0.1) is 0 Å². The molecule has 116 valence electrons. The standard InChI is InChI=1S/C17H17ClO4/c1-2-21-17(20)15-7-6-14(22-9-8-19)11-16(15)12-4-3-5-13(18)10-12/h3-7,10-11,19H,2,8-9H2,1H3. The van der Waals surface area contributed by atoms with Crippen molar-refractivity contribution >= 4 is 17.6 Å². The van der Waals surface area contributed by atoms with Crippen LogP contribution in [0.1, 0.15) is 17.3 Å². The van der Waals surface area contributed by atoms with Crippen molar-refractivity contribution in [3.63, 3.8) is 0 Å². The summed E-state index contributed by atoms with van der Waals surface area (Å²) in [5.41, 5.74) is 1.92. The van der Waals surface area contributed by atoms with Crippen LogP contribution < -0.4 is 4.74 Å². The van der Waals surface area contributed by atoms with Crippen LogP contribution in [0.2, 0.25) is 5.02 Å². The summed E-state index contributed by atoms with van der Waals surface area (Å²) in [7, 11) is 0. The number of carbonyl (C=O) groups is 1. The monoisotopic (exact) mass is 320 g/mol. The van der Waals surface area contributed by atoms with Gasteiger partial charge < -0.3 is 14.6 Å². The molecule has 0 spiro atoms. The van der Waals surface area contributed by atoms with Crippen molar-refractivity contribution in [2.24, 2.45) is 0 Å². The van der Waals surface area contributed by atoms with E-state index in [9.17, 15) is 4.79 Å². The molecule has 0 radical (unpaired) electrons. The summed E-state index contributed by atoms with van der Waals surface area (Å²) in [5.74, 6) is 0.170. The van der Waals surface area contributed by atoms with E-state index in [0.717, 1.165) is 5.56 Å². The predicted octanol–water partition coefficient (Wildman–Crippen LogP) is 3.55. The Morgan fingerprint density at radius 3 is 2.73 bits per heavy atom. The Morgan fingerprint density at radius 2 is 2.05 bits per heavy atom. The number of benzene rings is 2. The molecule has 0 saturated heterocycles. The number of halogens is 1. The first-order valence-electron chi connectivity index (χ1n) is 6.96. The van der Waals surface area contributed by atoms with Gasteiger partial charge in [-0.15, -0.1) is 0 Å². The number of ether oxygens (including phenoxy) is 2. The fourth-order valence-corrected chi connectivity index (χ4v) is 2.25. The summed E-state index contributed by atoms with van der Waals surface area (Å²) in [6.07, 6.45) is 0. The molecule has 0 amide bonds. The molecule has 0 aromatic heterocycles. The van der Waals surface area contributed by atoms with Gasteiger partial charge in [-0.05, 0) is 48.4 Å². The summed E-state index contributed by atoms with van der Waals surface area (Å²) >= 11 is 6.03. The lowest BCUT2D eigenvalue weighted by Crippen LogP contribution is -2.07. The minimum Gasteiger partial charge on any atom is -0.491 e. The minimum absolute atomic E-state index is 0.0773. The molecule has 0 heterocycles. The third kappa shape index (κ3) is 4.00. The predicted molar refractivity (Wildman–Crippen MR) is 85.4 cm³/mol. The second-order valence-electron chi connectivity index (χ2n) is 4.51. The lowest BCUT2D eigenvalue weighted by atomic mass is 9.99. The molecule has 22 heavy (non-hydrogen) atoms. The number of carbonyl (C=O) groups excluding carboxylic acids is 1. The maximum atomic E-state index is 12.1. The van der Waals surface area contributed by atoms with Crippen LogP contribution >= 0.6 is 11.6 Å². The smallest absolute Gasteiger partial charge is 0.338 e. The number of hydrogen-bond donors (Lipinski definition) is 1. The summed E-state index contributed by atoms with van der Waals surface area (Å²) in [6.45, 7) is 2.17. The number of aliphatic hydroxyl groups excluding tert-OH is 1. The van der Waals surface area contributed by atoms with Crippen LogP contribution in [0.15, 0.2) is 42.5 Å². The van der Waals surface area contributed by atoms with Gasteiger partial charge in [-0.2, -0.15) is 0 Å². The Hall–Kier alpha value is -2.04. The molecule has 4 nitrogen and oxygen atoms in total. The van der Waals surface area contributed by atoms with Gasteiger partial charge in [-0.25, -0.2) is 4.79 Å². The van der Waals surface area contributed by atoms with Gasteiger partial charge in [-0.3, -0.25) is 0 Å². The summed E-state index contributed by atoms with van der Waals surface area (Å²) in [5, 5.41) is 9.42. The molecule has 0 atom stereocenters. The molecule has 0 aliphatic heterocycles. The van der Waals surface area contributed by atoms with Gasteiger partial charge in [0.15, 0.2) is 0 Å². The molecule has 0 aliphatic rings. The quantitative estimate of drug-likeness (QED) is 0.827.